The molecular formula is C18H23NO. The van der Waals surface area contributed by atoms with Gasteiger partial charge in [0.2, 0.25) is 0 Å². The summed E-state index contributed by atoms with van der Waals surface area (Å²) in [4.78, 5) is 0. The molecule has 1 heterocycles. The van der Waals surface area contributed by atoms with E-state index in [4.69, 9.17) is 0 Å². The van der Waals surface area contributed by atoms with Crippen molar-refractivity contribution in [1.29, 1.82) is 0 Å². The minimum atomic E-state index is -0.270. The molecule has 0 aliphatic heterocycles. The lowest BCUT2D eigenvalue weighted by molar-refractivity contribution is 0.166. The maximum Gasteiger partial charge on any atom is 0.0807 e. The first-order chi connectivity index (χ1) is 9.63. The van der Waals surface area contributed by atoms with E-state index in [0.717, 1.165) is 31.4 Å². The topological polar surface area (TPSA) is 25.2 Å². The standard InChI is InChI=1S/C18H23NO/c1-13-7-8-15(9-14(13)2)10-19-11-16-5-3-4-6-18(20)17(16)12-19/h7-9,11-12,18,20H,3-6,10H2,1-2H3. The molecule has 1 N–H and O–H groups in total. The van der Waals surface area contributed by atoms with Crippen molar-refractivity contribution in [1.82, 2.24) is 4.57 Å². The summed E-state index contributed by atoms with van der Waals surface area (Å²) in [6.45, 7) is 5.20. The van der Waals surface area contributed by atoms with Crippen LogP contribution >= 0.6 is 0 Å². The van der Waals surface area contributed by atoms with Gasteiger partial charge in [-0.05, 0) is 55.4 Å². The van der Waals surface area contributed by atoms with Crippen molar-refractivity contribution < 1.29 is 5.11 Å². The molecule has 3 rings (SSSR count). The highest BCUT2D eigenvalue weighted by atomic mass is 16.3. The van der Waals surface area contributed by atoms with Crippen LogP contribution in [0.15, 0.2) is 30.6 Å². The van der Waals surface area contributed by atoms with Gasteiger partial charge in [0.25, 0.3) is 0 Å². The molecule has 1 aliphatic carbocycles. The van der Waals surface area contributed by atoms with Gasteiger partial charge in [0.15, 0.2) is 0 Å². The Morgan fingerprint density at radius 2 is 2.00 bits per heavy atom. The van der Waals surface area contributed by atoms with E-state index >= 15 is 0 Å². The van der Waals surface area contributed by atoms with Crippen molar-refractivity contribution in [3.8, 4) is 0 Å². The first kappa shape index (κ1) is 13.4. The quantitative estimate of drug-likeness (QED) is 0.821. The van der Waals surface area contributed by atoms with Crippen LogP contribution in [0.2, 0.25) is 0 Å². The third-order valence-corrected chi connectivity index (χ3v) is 4.47. The van der Waals surface area contributed by atoms with Gasteiger partial charge in [-0.15, -0.1) is 0 Å². The Hall–Kier alpha value is -1.54. The molecule has 0 bridgehead atoms. The van der Waals surface area contributed by atoms with Gasteiger partial charge in [0, 0.05) is 24.5 Å². The van der Waals surface area contributed by atoms with Crippen molar-refractivity contribution in [3.63, 3.8) is 0 Å². The van der Waals surface area contributed by atoms with Crippen LogP contribution in [-0.4, -0.2) is 9.67 Å². The molecule has 2 aromatic rings. The second-order valence-corrected chi connectivity index (χ2v) is 6.09. The van der Waals surface area contributed by atoms with Crippen LogP contribution in [0, 0.1) is 13.8 Å². The number of benzene rings is 1. The Morgan fingerprint density at radius 1 is 1.15 bits per heavy atom. The molecule has 0 saturated heterocycles. The van der Waals surface area contributed by atoms with E-state index in [9.17, 15) is 5.11 Å². The van der Waals surface area contributed by atoms with Crippen LogP contribution in [0.4, 0.5) is 0 Å². The average Bonchev–Trinajstić information content (AvgIpc) is 2.74. The van der Waals surface area contributed by atoms with Crippen LogP contribution in [-0.2, 0) is 13.0 Å². The van der Waals surface area contributed by atoms with E-state index in [0.29, 0.717) is 0 Å². The Morgan fingerprint density at radius 3 is 2.80 bits per heavy atom. The van der Waals surface area contributed by atoms with Gasteiger partial charge >= 0.3 is 0 Å². The summed E-state index contributed by atoms with van der Waals surface area (Å²) in [5, 5.41) is 10.2. The Bertz CT molecular complexity index is 612. The molecule has 0 saturated carbocycles. The molecular weight excluding hydrogens is 246 g/mol. The summed E-state index contributed by atoms with van der Waals surface area (Å²) in [6.07, 6.45) is 8.42. The lowest BCUT2D eigenvalue weighted by Crippen LogP contribution is -1.99. The fourth-order valence-corrected chi connectivity index (χ4v) is 3.10. The Kier molecular flexibility index (Phi) is 3.66. The van der Waals surface area contributed by atoms with Crippen molar-refractivity contribution >= 4 is 0 Å². The van der Waals surface area contributed by atoms with Gasteiger partial charge in [0.05, 0.1) is 6.10 Å². The molecule has 1 atom stereocenters. The normalized spacial score (nSPS) is 18.6. The minimum absolute atomic E-state index is 0.270. The number of aromatic nitrogens is 1. The van der Waals surface area contributed by atoms with E-state index in [1.807, 2.05) is 0 Å². The summed E-state index contributed by atoms with van der Waals surface area (Å²) >= 11 is 0. The lowest BCUT2D eigenvalue weighted by Gasteiger charge is -2.08. The highest BCUT2D eigenvalue weighted by Crippen LogP contribution is 2.29. The molecule has 1 aromatic heterocycles. The first-order valence-electron chi connectivity index (χ1n) is 7.56. The average molecular weight is 269 g/mol. The number of fused-ring (bicyclic) bond motifs is 1. The van der Waals surface area contributed by atoms with E-state index in [-0.39, 0.29) is 6.10 Å². The fraction of sp³-hybridized carbons (Fsp3) is 0.444. The first-order valence-corrected chi connectivity index (χ1v) is 7.56. The Labute approximate surface area is 121 Å². The van der Waals surface area contributed by atoms with Crippen LogP contribution in [0.1, 0.15) is 53.2 Å². The number of rotatable bonds is 2. The van der Waals surface area contributed by atoms with Gasteiger partial charge in [0.1, 0.15) is 0 Å². The van der Waals surface area contributed by atoms with Gasteiger partial charge < -0.3 is 9.67 Å². The van der Waals surface area contributed by atoms with Crippen LogP contribution < -0.4 is 0 Å². The molecule has 106 valence electrons. The molecule has 1 unspecified atom stereocenters. The molecule has 1 aliphatic rings. The molecule has 20 heavy (non-hydrogen) atoms. The van der Waals surface area contributed by atoms with Gasteiger partial charge in [-0.1, -0.05) is 24.6 Å². The number of aryl methyl sites for hydroxylation is 3. The number of aliphatic hydroxyl groups excluding tert-OH is 1. The molecule has 1 aromatic carbocycles. The summed E-state index contributed by atoms with van der Waals surface area (Å²) in [5.41, 5.74) is 6.49. The second-order valence-electron chi connectivity index (χ2n) is 6.09. The van der Waals surface area contributed by atoms with Crippen molar-refractivity contribution in [2.75, 3.05) is 0 Å². The maximum atomic E-state index is 10.2. The van der Waals surface area contributed by atoms with Gasteiger partial charge in [-0.3, -0.25) is 0 Å². The third-order valence-electron chi connectivity index (χ3n) is 4.47. The molecule has 0 spiro atoms. The maximum absolute atomic E-state index is 10.2. The summed E-state index contributed by atoms with van der Waals surface area (Å²) in [5.74, 6) is 0. The van der Waals surface area contributed by atoms with E-state index in [1.165, 1.54) is 28.7 Å². The minimum Gasteiger partial charge on any atom is -0.388 e. The predicted octanol–water partition coefficient (Wildman–Crippen LogP) is 3.91. The summed E-state index contributed by atoms with van der Waals surface area (Å²) in [7, 11) is 0. The monoisotopic (exact) mass is 269 g/mol. The van der Waals surface area contributed by atoms with E-state index in [1.54, 1.807) is 0 Å². The van der Waals surface area contributed by atoms with Gasteiger partial charge in [-0.2, -0.15) is 0 Å². The van der Waals surface area contributed by atoms with Crippen molar-refractivity contribution in [2.24, 2.45) is 0 Å². The predicted molar refractivity (Wildman–Crippen MR) is 82.0 cm³/mol. The SMILES string of the molecule is Cc1ccc(Cn2cc3c(c2)C(O)CCCC3)cc1C. The van der Waals surface area contributed by atoms with Gasteiger partial charge in [-0.25, -0.2) is 0 Å². The highest BCUT2D eigenvalue weighted by molar-refractivity contribution is 5.32. The fourth-order valence-electron chi connectivity index (χ4n) is 3.10. The molecule has 0 amide bonds. The van der Waals surface area contributed by atoms with Crippen molar-refractivity contribution in [2.45, 2.75) is 52.2 Å². The molecule has 0 radical (unpaired) electrons. The van der Waals surface area contributed by atoms with Crippen LogP contribution in [0.5, 0.6) is 0 Å². The third kappa shape index (κ3) is 2.66. The summed E-state index contributed by atoms with van der Waals surface area (Å²) in [6, 6.07) is 6.65. The zero-order valence-electron chi connectivity index (χ0n) is 12.4. The van der Waals surface area contributed by atoms with Crippen LogP contribution in [0.25, 0.3) is 0 Å². The number of hydrogen-bond donors (Lipinski definition) is 1. The Balaban J connectivity index is 1.84. The van der Waals surface area contributed by atoms with E-state index in [2.05, 4.69) is 49.0 Å². The van der Waals surface area contributed by atoms with E-state index < -0.39 is 0 Å². The zero-order chi connectivity index (χ0) is 14.1. The smallest absolute Gasteiger partial charge is 0.0807 e. The zero-order valence-corrected chi connectivity index (χ0v) is 12.4. The largest absolute Gasteiger partial charge is 0.388 e. The number of nitrogens with zero attached hydrogens (tertiary/aromatic N) is 1. The number of hydrogen-bond acceptors (Lipinski definition) is 1. The summed E-state index contributed by atoms with van der Waals surface area (Å²) < 4.78 is 2.23. The highest BCUT2D eigenvalue weighted by Gasteiger charge is 2.18. The second kappa shape index (κ2) is 5.45. The van der Waals surface area contributed by atoms with Crippen LogP contribution in [0.3, 0.4) is 0 Å². The number of aliphatic hydroxyl groups is 1. The van der Waals surface area contributed by atoms with Crippen molar-refractivity contribution in [3.05, 3.63) is 58.4 Å². The molecule has 2 heteroatoms. The molecule has 0 fully saturated rings. The molecule has 2 nitrogen and oxygen atoms in total. The lowest BCUT2D eigenvalue weighted by atomic mass is 10.1.